The molecule has 0 spiro atoms. The first-order valence-electron chi connectivity index (χ1n) is 8.47. The first-order valence-corrected chi connectivity index (χ1v) is 8.47. The third-order valence-electron chi connectivity index (χ3n) is 4.85. The summed E-state index contributed by atoms with van der Waals surface area (Å²) >= 11 is 0. The van der Waals surface area contributed by atoms with Crippen molar-refractivity contribution in [3.8, 4) is 0 Å². The highest BCUT2D eigenvalue weighted by Gasteiger charge is 2.20. The molecule has 2 aliphatic rings. The molecule has 0 aromatic carbocycles. The Balaban J connectivity index is 1.51. The highest BCUT2D eigenvalue weighted by Crippen LogP contribution is 2.29. The predicted octanol–water partition coefficient (Wildman–Crippen LogP) is 3.93. The van der Waals surface area contributed by atoms with Crippen molar-refractivity contribution in [1.82, 2.24) is 15.5 Å². The molecule has 2 saturated carbocycles. The third-order valence-corrected chi connectivity index (χ3v) is 4.85. The van der Waals surface area contributed by atoms with E-state index in [1.807, 2.05) is 0 Å². The second kappa shape index (κ2) is 7.21. The van der Waals surface area contributed by atoms with Crippen LogP contribution in [0.15, 0.2) is 4.52 Å². The Kier molecular flexibility index (Phi) is 5.06. The lowest BCUT2D eigenvalue weighted by Crippen LogP contribution is -2.25. The van der Waals surface area contributed by atoms with E-state index in [1.165, 1.54) is 70.6 Å². The molecule has 1 N–H and O–H groups in total. The maximum Gasteiger partial charge on any atom is 0.240 e. The van der Waals surface area contributed by atoms with Crippen LogP contribution in [0.25, 0.3) is 0 Å². The summed E-state index contributed by atoms with van der Waals surface area (Å²) in [4.78, 5) is 4.63. The largest absolute Gasteiger partial charge is 0.338 e. The first-order chi connectivity index (χ1) is 9.92. The van der Waals surface area contributed by atoms with E-state index in [1.54, 1.807) is 0 Å². The van der Waals surface area contributed by atoms with Gasteiger partial charge in [0.1, 0.15) is 0 Å². The number of hydrogen-bond acceptors (Lipinski definition) is 4. The fraction of sp³-hybridized carbons (Fsp3) is 0.875. The molecule has 0 bridgehead atoms. The van der Waals surface area contributed by atoms with Crippen molar-refractivity contribution in [2.45, 2.75) is 89.1 Å². The van der Waals surface area contributed by atoms with Gasteiger partial charge >= 0.3 is 0 Å². The van der Waals surface area contributed by atoms with Gasteiger partial charge in [0.05, 0.1) is 6.54 Å². The van der Waals surface area contributed by atoms with Crippen LogP contribution in [0, 0.1) is 0 Å². The zero-order chi connectivity index (χ0) is 13.6. The number of aromatic nitrogens is 2. The fourth-order valence-electron chi connectivity index (χ4n) is 3.58. The molecule has 2 aliphatic carbocycles. The van der Waals surface area contributed by atoms with Gasteiger partial charge in [0, 0.05) is 12.0 Å². The molecule has 112 valence electrons. The maximum atomic E-state index is 5.43. The van der Waals surface area contributed by atoms with E-state index < -0.39 is 0 Å². The van der Waals surface area contributed by atoms with Gasteiger partial charge in [0.2, 0.25) is 5.89 Å². The zero-order valence-electron chi connectivity index (χ0n) is 12.4. The summed E-state index contributed by atoms with van der Waals surface area (Å²) in [7, 11) is 0. The lowest BCUT2D eigenvalue weighted by Gasteiger charge is -2.15. The molecule has 3 rings (SSSR count). The monoisotopic (exact) mass is 277 g/mol. The van der Waals surface area contributed by atoms with E-state index in [-0.39, 0.29) is 0 Å². The summed E-state index contributed by atoms with van der Waals surface area (Å²) in [6.45, 7) is 0.740. The minimum absolute atomic E-state index is 0.527. The van der Waals surface area contributed by atoms with Gasteiger partial charge in [-0.2, -0.15) is 4.98 Å². The highest BCUT2D eigenvalue weighted by molar-refractivity contribution is 4.96. The van der Waals surface area contributed by atoms with Crippen molar-refractivity contribution in [2.24, 2.45) is 0 Å². The molecule has 2 fully saturated rings. The highest BCUT2D eigenvalue weighted by atomic mass is 16.5. The average molecular weight is 277 g/mol. The van der Waals surface area contributed by atoms with E-state index in [0.717, 1.165) is 18.3 Å². The quantitative estimate of drug-likeness (QED) is 0.906. The van der Waals surface area contributed by atoms with Crippen molar-refractivity contribution >= 4 is 0 Å². The van der Waals surface area contributed by atoms with Crippen LogP contribution in [-0.4, -0.2) is 16.2 Å². The van der Waals surface area contributed by atoms with Crippen LogP contribution in [0.2, 0.25) is 0 Å². The van der Waals surface area contributed by atoms with Crippen LogP contribution in [0.3, 0.4) is 0 Å². The molecule has 1 aromatic heterocycles. The van der Waals surface area contributed by atoms with E-state index >= 15 is 0 Å². The Morgan fingerprint density at radius 2 is 1.55 bits per heavy atom. The SMILES string of the molecule is C1CCCC(c2noc(CNC3CCCC3)n2)CCC1. The van der Waals surface area contributed by atoms with Gasteiger partial charge in [-0.25, -0.2) is 0 Å². The Hall–Kier alpha value is -0.900. The van der Waals surface area contributed by atoms with E-state index in [9.17, 15) is 0 Å². The topological polar surface area (TPSA) is 51.0 Å². The zero-order valence-corrected chi connectivity index (χ0v) is 12.4. The molecule has 20 heavy (non-hydrogen) atoms. The molecule has 1 aromatic rings. The summed E-state index contributed by atoms with van der Waals surface area (Å²) in [5.41, 5.74) is 0. The minimum atomic E-state index is 0.527. The van der Waals surface area contributed by atoms with Gasteiger partial charge in [0.25, 0.3) is 0 Å². The molecule has 4 nitrogen and oxygen atoms in total. The second-order valence-electron chi connectivity index (χ2n) is 6.45. The minimum Gasteiger partial charge on any atom is -0.338 e. The van der Waals surface area contributed by atoms with Crippen LogP contribution in [-0.2, 0) is 6.54 Å². The smallest absolute Gasteiger partial charge is 0.240 e. The molecular formula is C16H27N3O. The van der Waals surface area contributed by atoms with Gasteiger partial charge in [-0.3, -0.25) is 0 Å². The molecule has 0 amide bonds. The Labute approximate surface area is 121 Å². The molecule has 0 saturated heterocycles. The van der Waals surface area contributed by atoms with E-state index in [4.69, 9.17) is 4.52 Å². The molecule has 0 radical (unpaired) electrons. The summed E-state index contributed by atoms with van der Waals surface area (Å²) in [5.74, 6) is 2.25. The van der Waals surface area contributed by atoms with E-state index in [2.05, 4.69) is 15.5 Å². The molecule has 0 atom stereocenters. The molecule has 4 heteroatoms. The number of nitrogens with one attached hydrogen (secondary N) is 1. The Morgan fingerprint density at radius 1 is 0.900 bits per heavy atom. The summed E-state index contributed by atoms with van der Waals surface area (Å²) in [5, 5.41) is 7.77. The van der Waals surface area contributed by atoms with Crippen LogP contribution in [0.5, 0.6) is 0 Å². The second-order valence-corrected chi connectivity index (χ2v) is 6.45. The first kappa shape index (κ1) is 14.1. The lowest BCUT2D eigenvalue weighted by molar-refractivity contribution is 0.346. The summed E-state index contributed by atoms with van der Waals surface area (Å²) in [6.07, 6.45) is 14.5. The normalized spacial score (nSPS) is 22.8. The van der Waals surface area contributed by atoms with Gasteiger partial charge in [-0.15, -0.1) is 0 Å². The van der Waals surface area contributed by atoms with Crippen molar-refractivity contribution < 1.29 is 4.52 Å². The average Bonchev–Trinajstić information content (AvgIpc) is 3.07. The molecule has 0 aliphatic heterocycles. The van der Waals surface area contributed by atoms with Crippen molar-refractivity contribution in [3.63, 3.8) is 0 Å². The van der Waals surface area contributed by atoms with Crippen molar-refractivity contribution in [3.05, 3.63) is 11.7 Å². The summed E-state index contributed by atoms with van der Waals surface area (Å²) < 4.78 is 5.43. The van der Waals surface area contributed by atoms with Gasteiger partial charge in [-0.1, -0.05) is 50.1 Å². The van der Waals surface area contributed by atoms with Gasteiger partial charge in [-0.05, 0) is 25.7 Å². The van der Waals surface area contributed by atoms with Crippen LogP contribution in [0.4, 0.5) is 0 Å². The van der Waals surface area contributed by atoms with E-state index in [0.29, 0.717) is 12.0 Å². The molecule has 0 unspecified atom stereocenters. The van der Waals surface area contributed by atoms with Crippen molar-refractivity contribution in [1.29, 1.82) is 0 Å². The van der Waals surface area contributed by atoms with Gasteiger partial charge in [0.15, 0.2) is 5.82 Å². The molecule has 1 heterocycles. The maximum absolute atomic E-state index is 5.43. The number of hydrogen-bond donors (Lipinski definition) is 1. The Bertz CT molecular complexity index is 390. The molecular weight excluding hydrogens is 250 g/mol. The predicted molar refractivity (Wildman–Crippen MR) is 78.5 cm³/mol. The van der Waals surface area contributed by atoms with Crippen LogP contribution < -0.4 is 5.32 Å². The van der Waals surface area contributed by atoms with Crippen molar-refractivity contribution in [2.75, 3.05) is 0 Å². The lowest BCUT2D eigenvalue weighted by atomic mass is 9.91. The fourth-order valence-corrected chi connectivity index (χ4v) is 3.58. The van der Waals surface area contributed by atoms with Crippen LogP contribution >= 0.6 is 0 Å². The van der Waals surface area contributed by atoms with Gasteiger partial charge < -0.3 is 9.84 Å². The number of nitrogens with zero attached hydrogens (tertiary/aromatic N) is 2. The number of rotatable bonds is 4. The van der Waals surface area contributed by atoms with Crippen LogP contribution in [0.1, 0.15) is 88.3 Å². The third kappa shape index (κ3) is 3.81. The summed E-state index contributed by atoms with van der Waals surface area (Å²) in [6, 6.07) is 0.659. The standard InChI is InChI=1S/C16H27N3O/c1-2-4-8-13(9-5-3-1)16-18-15(20-19-16)12-17-14-10-6-7-11-14/h13-14,17H,1-12H2. The Morgan fingerprint density at radius 3 is 2.30 bits per heavy atom.